The molecule has 1 unspecified atom stereocenters. The Balaban J connectivity index is 2.50. The van der Waals surface area contributed by atoms with Gasteiger partial charge in [-0.3, -0.25) is 4.90 Å². The van der Waals surface area contributed by atoms with Crippen LogP contribution in [0.2, 0.25) is 0 Å². The van der Waals surface area contributed by atoms with E-state index in [1.807, 2.05) is 56.0 Å². The second-order valence-corrected chi connectivity index (χ2v) is 5.00. The molecular formula is C15H21N2O+. The van der Waals surface area contributed by atoms with E-state index in [1.54, 1.807) is 0 Å². The first-order valence-corrected chi connectivity index (χ1v) is 6.49. The van der Waals surface area contributed by atoms with E-state index in [1.165, 1.54) is 5.57 Å². The zero-order valence-corrected chi connectivity index (χ0v) is 11.4. The highest BCUT2D eigenvalue weighted by Crippen LogP contribution is 2.30. The van der Waals surface area contributed by atoms with Gasteiger partial charge in [-0.25, -0.2) is 4.79 Å². The van der Waals surface area contributed by atoms with Crippen molar-refractivity contribution in [2.24, 2.45) is 0 Å². The van der Waals surface area contributed by atoms with E-state index in [2.05, 4.69) is 6.20 Å². The first kappa shape index (κ1) is 12.8. The molecule has 0 spiro atoms. The zero-order valence-electron chi connectivity index (χ0n) is 11.4. The summed E-state index contributed by atoms with van der Waals surface area (Å²) in [5.41, 5.74) is 2.23. The van der Waals surface area contributed by atoms with Crippen molar-refractivity contribution in [3.8, 4) is 0 Å². The molecule has 1 atom stereocenters. The van der Waals surface area contributed by atoms with Gasteiger partial charge in [-0.1, -0.05) is 18.2 Å². The molecule has 1 heterocycles. The fourth-order valence-electron chi connectivity index (χ4n) is 2.58. The maximum atomic E-state index is 12.6. The van der Waals surface area contributed by atoms with Crippen LogP contribution in [0.3, 0.4) is 0 Å². The number of benzene rings is 1. The lowest BCUT2D eigenvalue weighted by atomic mass is 10.2. The summed E-state index contributed by atoms with van der Waals surface area (Å²) in [6.07, 6.45) is 2.08. The second kappa shape index (κ2) is 4.94. The van der Waals surface area contributed by atoms with Gasteiger partial charge in [0, 0.05) is 18.7 Å². The average Bonchev–Trinajstić information content (AvgIpc) is 2.68. The van der Waals surface area contributed by atoms with Crippen LogP contribution >= 0.6 is 0 Å². The van der Waals surface area contributed by atoms with Crippen molar-refractivity contribution < 1.29 is 4.79 Å². The molecule has 1 saturated heterocycles. The maximum absolute atomic E-state index is 12.6. The third-order valence-corrected chi connectivity index (χ3v) is 3.41. The van der Waals surface area contributed by atoms with Gasteiger partial charge in [-0.2, -0.15) is 4.48 Å². The number of rotatable bonds is 3. The number of carbonyl (C=O) groups is 1. The third-order valence-electron chi connectivity index (χ3n) is 3.41. The molecule has 1 aromatic carbocycles. The van der Waals surface area contributed by atoms with Crippen molar-refractivity contribution >= 4 is 11.7 Å². The molecule has 0 bridgehead atoms. The highest BCUT2D eigenvalue weighted by Gasteiger charge is 2.46. The minimum Gasteiger partial charge on any atom is -0.286 e. The summed E-state index contributed by atoms with van der Waals surface area (Å²) in [5.74, 6) is 0. The van der Waals surface area contributed by atoms with E-state index in [4.69, 9.17) is 0 Å². The molecule has 1 aliphatic heterocycles. The summed E-state index contributed by atoms with van der Waals surface area (Å²) in [5, 5.41) is 0. The van der Waals surface area contributed by atoms with Crippen LogP contribution in [-0.2, 0) is 0 Å². The molecule has 0 aliphatic carbocycles. The highest BCUT2D eigenvalue weighted by molar-refractivity contribution is 5.90. The van der Waals surface area contributed by atoms with Crippen molar-refractivity contribution in [2.45, 2.75) is 20.8 Å². The lowest BCUT2D eigenvalue weighted by molar-refractivity contribution is 0.204. The fourth-order valence-corrected chi connectivity index (χ4v) is 2.58. The number of hydrogen-bond acceptors (Lipinski definition) is 1. The number of amides is 2. The largest absolute Gasteiger partial charge is 0.429 e. The Morgan fingerprint density at radius 2 is 2.00 bits per heavy atom. The first-order chi connectivity index (χ1) is 8.60. The molecule has 3 nitrogen and oxygen atoms in total. The molecule has 2 rings (SSSR count). The Morgan fingerprint density at radius 3 is 2.50 bits per heavy atom. The Hall–Kier alpha value is -1.61. The number of para-hydroxylation sites is 1. The van der Waals surface area contributed by atoms with Gasteiger partial charge in [-0.05, 0) is 26.3 Å². The lowest BCUT2D eigenvalue weighted by Crippen LogP contribution is -2.47. The Morgan fingerprint density at radius 1 is 1.33 bits per heavy atom. The van der Waals surface area contributed by atoms with Crippen molar-refractivity contribution in [3.63, 3.8) is 0 Å². The van der Waals surface area contributed by atoms with Crippen molar-refractivity contribution in [3.05, 3.63) is 42.1 Å². The standard InChI is InChI=1S/C15H21N2O/c1-4-16-10-11-17(15(16)18,12-13(2)3)14-8-6-5-7-9-14/h5-9,12H,4,10-11H2,1-3H3/q+1. The van der Waals surface area contributed by atoms with E-state index >= 15 is 0 Å². The van der Waals surface area contributed by atoms with Crippen LogP contribution in [-0.4, -0.2) is 30.6 Å². The van der Waals surface area contributed by atoms with Crippen LogP contribution < -0.4 is 4.48 Å². The van der Waals surface area contributed by atoms with Gasteiger partial charge in [0.05, 0.1) is 6.54 Å². The van der Waals surface area contributed by atoms with Crippen LogP contribution in [0.25, 0.3) is 0 Å². The van der Waals surface area contributed by atoms with Gasteiger partial charge in [0.15, 0.2) is 0 Å². The normalized spacial score (nSPS) is 23.3. The summed E-state index contributed by atoms with van der Waals surface area (Å²) in [6, 6.07) is 10.2. The first-order valence-electron chi connectivity index (χ1n) is 6.49. The van der Waals surface area contributed by atoms with Gasteiger partial charge in [0.2, 0.25) is 0 Å². The van der Waals surface area contributed by atoms with Crippen LogP contribution in [0.15, 0.2) is 42.1 Å². The summed E-state index contributed by atoms with van der Waals surface area (Å²) < 4.78 is 0.330. The molecule has 1 fully saturated rings. The predicted molar refractivity (Wildman–Crippen MR) is 75.2 cm³/mol. The quantitative estimate of drug-likeness (QED) is 0.748. The van der Waals surface area contributed by atoms with Gasteiger partial charge < -0.3 is 0 Å². The lowest BCUT2D eigenvalue weighted by Gasteiger charge is -2.26. The molecule has 1 aliphatic rings. The SMILES string of the molecule is CCN1CC[N+](C=C(C)C)(c2ccccc2)C1=O. The maximum Gasteiger partial charge on any atom is 0.429 e. The van der Waals surface area contributed by atoms with Crippen LogP contribution in [0.1, 0.15) is 20.8 Å². The van der Waals surface area contributed by atoms with Crippen molar-refractivity contribution in [1.29, 1.82) is 0 Å². The minimum atomic E-state index is 0.185. The smallest absolute Gasteiger partial charge is 0.286 e. The van der Waals surface area contributed by atoms with Crippen molar-refractivity contribution in [1.82, 2.24) is 9.38 Å². The number of allylic oxidation sites excluding steroid dienone is 1. The molecule has 0 aromatic heterocycles. The van der Waals surface area contributed by atoms with Gasteiger partial charge >= 0.3 is 6.03 Å². The predicted octanol–water partition coefficient (Wildman–Crippen LogP) is 3.37. The van der Waals surface area contributed by atoms with Gasteiger partial charge in [0.25, 0.3) is 0 Å². The van der Waals surface area contributed by atoms with E-state index in [0.29, 0.717) is 4.48 Å². The Kier molecular flexibility index (Phi) is 3.53. The number of urea groups is 1. The number of quaternary nitrogens is 1. The van der Waals surface area contributed by atoms with E-state index in [0.717, 1.165) is 25.3 Å². The van der Waals surface area contributed by atoms with Gasteiger partial charge in [-0.15, -0.1) is 0 Å². The molecule has 96 valence electrons. The molecular weight excluding hydrogens is 224 g/mol. The summed E-state index contributed by atoms with van der Waals surface area (Å²) in [7, 11) is 0. The van der Waals surface area contributed by atoms with Crippen LogP contribution in [0, 0.1) is 0 Å². The molecule has 2 amide bonds. The Bertz CT molecular complexity index is 463. The van der Waals surface area contributed by atoms with E-state index < -0.39 is 0 Å². The topological polar surface area (TPSA) is 20.3 Å². The minimum absolute atomic E-state index is 0.185. The number of likely N-dealkylation sites (N-methyl/N-ethyl adjacent to an activating group) is 1. The molecule has 1 aromatic rings. The molecule has 18 heavy (non-hydrogen) atoms. The number of carbonyl (C=O) groups excluding carboxylic acids is 1. The molecule has 0 N–H and O–H groups in total. The number of hydrogen-bond donors (Lipinski definition) is 0. The van der Waals surface area contributed by atoms with Crippen LogP contribution in [0.4, 0.5) is 10.5 Å². The van der Waals surface area contributed by atoms with Gasteiger partial charge in [0.1, 0.15) is 18.4 Å². The third kappa shape index (κ3) is 2.06. The monoisotopic (exact) mass is 245 g/mol. The summed E-state index contributed by atoms with van der Waals surface area (Å²) in [4.78, 5) is 14.6. The molecule has 3 heteroatoms. The highest BCUT2D eigenvalue weighted by atomic mass is 16.2. The fraction of sp³-hybridized carbons (Fsp3) is 0.400. The molecule has 0 radical (unpaired) electrons. The van der Waals surface area contributed by atoms with E-state index in [-0.39, 0.29) is 6.03 Å². The van der Waals surface area contributed by atoms with E-state index in [9.17, 15) is 4.79 Å². The summed E-state index contributed by atoms with van der Waals surface area (Å²) in [6.45, 7) is 8.55. The zero-order chi connectivity index (χ0) is 13.2. The second-order valence-electron chi connectivity index (χ2n) is 5.00. The van der Waals surface area contributed by atoms with Crippen LogP contribution in [0.5, 0.6) is 0 Å². The average molecular weight is 245 g/mol. The van der Waals surface area contributed by atoms with Crippen molar-refractivity contribution in [2.75, 3.05) is 19.6 Å². The summed E-state index contributed by atoms with van der Waals surface area (Å²) >= 11 is 0. The Labute approximate surface area is 109 Å². The molecule has 0 saturated carbocycles. The number of nitrogens with zero attached hydrogens (tertiary/aromatic N) is 2.